The fourth-order valence-corrected chi connectivity index (χ4v) is 2.27. The molecule has 0 saturated heterocycles. The maximum absolute atomic E-state index is 11.7. The standard InChI is InChI=1S/C21H19N3O4/c25-20(22-14-19-7-4-12-27-19)21(26)24-23-13-16-8-10-18(11-9-16)28-15-17-5-2-1-3-6-17/h1-13H,14-15H2,(H,22,25)(H,24,26)/b23-13+. The van der Waals surface area contributed by atoms with Gasteiger partial charge in [0, 0.05) is 0 Å². The molecule has 3 aromatic rings. The van der Waals surface area contributed by atoms with Crippen molar-refractivity contribution in [2.75, 3.05) is 0 Å². The summed E-state index contributed by atoms with van der Waals surface area (Å²) in [6, 6.07) is 20.5. The van der Waals surface area contributed by atoms with Crippen LogP contribution in [0.15, 0.2) is 82.5 Å². The Labute approximate surface area is 162 Å². The van der Waals surface area contributed by atoms with Gasteiger partial charge in [-0.2, -0.15) is 5.10 Å². The SMILES string of the molecule is O=C(NCc1ccco1)C(=O)N/N=C/c1ccc(OCc2ccccc2)cc1. The summed E-state index contributed by atoms with van der Waals surface area (Å²) < 4.78 is 10.8. The number of hydrazone groups is 1. The Kier molecular flexibility index (Phi) is 6.57. The van der Waals surface area contributed by atoms with Gasteiger partial charge in [-0.3, -0.25) is 9.59 Å². The van der Waals surface area contributed by atoms with Crippen molar-refractivity contribution in [1.29, 1.82) is 0 Å². The van der Waals surface area contributed by atoms with Crippen LogP contribution in [0.3, 0.4) is 0 Å². The molecule has 0 spiro atoms. The third-order valence-electron chi connectivity index (χ3n) is 3.72. The Morgan fingerprint density at radius 2 is 1.75 bits per heavy atom. The molecule has 0 radical (unpaired) electrons. The highest BCUT2D eigenvalue weighted by molar-refractivity contribution is 6.35. The first kappa shape index (κ1) is 18.9. The molecule has 142 valence electrons. The molecule has 1 heterocycles. The molecule has 7 nitrogen and oxygen atoms in total. The van der Waals surface area contributed by atoms with E-state index in [1.807, 2.05) is 42.5 Å². The van der Waals surface area contributed by atoms with Crippen LogP contribution in [0.5, 0.6) is 5.75 Å². The molecule has 2 N–H and O–H groups in total. The lowest BCUT2D eigenvalue weighted by molar-refractivity contribution is -0.139. The fraction of sp³-hybridized carbons (Fsp3) is 0.0952. The highest BCUT2D eigenvalue weighted by Gasteiger charge is 2.12. The number of hydrogen-bond acceptors (Lipinski definition) is 5. The van der Waals surface area contributed by atoms with Gasteiger partial charge in [0.1, 0.15) is 18.1 Å². The lowest BCUT2D eigenvalue weighted by atomic mass is 10.2. The van der Waals surface area contributed by atoms with Gasteiger partial charge in [0.15, 0.2) is 0 Å². The van der Waals surface area contributed by atoms with Crippen LogP contribution < -0.4 is 15.5 Å². The van der Waals surface area contributed by atoms with Crippen LogP contribution in [0.2, 0.25) is 0 Å². The number of carbonyl (C=O) groups excluding carboxylic acids is 2. The zero-order valence-electron chi connectivity index (χ0n) is 15.0. The normalized spacial score (nSPS) is 10.6. The number of rotatable bonds is 7. The molecule has 28 heavy (non-hydrogen) atoms. The Balaban J connectivity index is 1.42. The molecule has 0 saturated carbocycles. The first-order valence-corrected chi connectivity index (χ1v) is 8.61. The van der Waals surface area contributed by atoms with E-state index in [0.29, 0.717) is 12.4 Å². The molecule has 0 aliphatic heterocycles. The molecule has 2 aromatic carbocycles. The van der Waals surface area contributed by atoms with Crippen molar-refractivity contribution in [2.24, 2.45) is 5.10 Å². The molecular weight excluding hydrogens is 358 g/mol. The van der Waals surface area contributed by atoms with Crippen LogP contribution in [0.4, 0.5) is 0 Å². The van der Waals surface area contributed by atoms with E-state index < -0.39 is 11.8 Å². The van der Waals surface area contributed by atoms with Crippen LogP contribution in [-0.4, -0.2) is 18.0 Å². The molecule has 1 aromatic heterocycles. The van der Waals surface area contributed by atoms with Crippen LogP contribution >= 0.6 is 0 Å². The lowest BCUT2D eigenvalue weighted by Crippen LogP contribution is -2.37. The van der Waals surface area contributed by atoms with Gasteiger partial charge in [0.05, 0.1) is 19.0 Å². The molecule has 0 unspecified atom stereocenters. The summed E-state index contributed by atoms with van der Waals surface area (Å²) in [4.78, 5) is 23.3. The van der Waals surface area contributed by atoms with E-state index in [1.54, 1.807) is 24.3 Å². The van der Waals surface area contributed by atoms with Crippen LogP contribution in [0.25, 0.3) is 0 Å². The molecular formula is C21H19N3O4. The van der Waals surface area contributed by atoms with Crippen molar-refractivity contribution in [3.05, 3.63) is 89.9 Å². The smallest absolute Gasteiger partial charge is 0.329 e. The zero-order valence-corrected chi connectivity index (χ0v) is 15.0. The average molecular weight is 377 g/mol. The summed E-state index contributed by atoms with van der Waals surface area (Å²) in [6.07, 6.45) is 2.93. The van der Waals surface area contributed by atoms with Crippen LogP contribution in [-0.2, 0) is 22.7 Å². The maximum Gasteiger partial charge on any atom is 0.329 e. The van der Waals surface area contributed by atoms with Gasteiger partial charge >= 0.3 is 11.8 Å². The zero-order chi connectivity index (χ0) is 19.6. The predicted octanol–water partition coefficient (Wildman–Crippen LogP) is 2.63. The third kappa shape index (κ3) is 5.84. The Bertz CT molecular complexity index is 920. The van der Waals surface area contributed by atoms with E-state index in [4.69, 9.17) is 9.15 Å². The van der Waals surface area contributed by atoms with E-state index in [9.17, 15) is 9.59 Å². The number of amides is 2. The Morgan fingerprint density at radius 1 is 0.964 bits per heavy atom. The summed E-state index contributed by atoms with van der Waals surface area (Å²) in [5.41, 5.74) is 4.02. The van der Waals surface area contributed by atoms with Crippen LogP contribution in [0, 0.1) is 0 Å². The number of hydrogen-bond donors (Lipinski definition) is 2. The minimum Gasteiger partial charge on any atom is -0.489 e. The van der Waals surface area contributed by atoms with E-state index in [-0.39, 0.29) is 6.54 Å². The molecule has 7 heteroatoms. The van der Waals surface area contributed by atoms with Gasteiger partial charge in [-0.25, -0.2) is 5.43 Å². The maximum atomic E-state index is 11.7. The number of ether oxygens (including phenoxy) is 1. The molecule has 0 aliphatic rings. The van der Waals surface area contributed by atoms with Gasteiger partial charge in [-0.05, 0) is 47.5 Å². The molecule has 2 amide bonds. The van der Waals surface area contributed by atoms with Crippen molar-refractivity contribution in [3.8, 4) is 5.75 Å². The minimum absolute atomic E-state index is 0.132. The number of carbonyl (C=O) groups is 2. The van der Waals surface area contributed by atoms with Crippen molar-refractivity contribution in [1.82, 2.24) is 10.7 Å². The second kappa shape index (κ2) is 9.72. The Morgan fingerprint density at radius 3 is 2.46 bits per heavy atom. The molecule has 3 rings (SSSR count). The molecule has 0 atom stereocenters. The average Bonchev–Trinajstić information content (AvgIpc) is 3.26. The van der Waals surface area contributed by atoms with Gasteiger partial charge in [-0.15, -0.1) is 0 Å². The topological polar surface area (TPSA) is 92.9 Å². The first-order valence-electron chi connectivity index (χ1n) is 8.61. The highest BCUT2D eigenvalue weighted by Crippen LogP contribution is 2.13. The quantitative estimate of drug-likeness (QED) is 0.376. The van der Waals surface area contributed by atoms with Crippen molar-refractivity contribution >= 4 is 18.0 Å². The minimum atomic E-state index is -0.856. The monoisotopic (exact) mass is 377 g/mol. The second-order valence-electron chi connectivity index (χ2n) is 5.80. The largest absolute Gasteiger partial charge is 0.489 e. The van der Waals surface area contributed by atoms with Gasteiger partial charge < -0.3 is 14.5 Å². The summed E-state index contributed by atoms with van der Waals surface area (Å²) in [5.74, 6) is -0.370. The molecule has 0 aliphatic carbocycles. The number of nitrogens with zero attached hydrogens (tertiary/aromatic N) is 1. The van der Waals surface area contributed by atoms with Crippen LogP contribution in [0.1, 0.15) is 16.9 Å². The lowest BCUT2D eigenvalue weighted by Gasteiger charge is -2.06. The van der Waals surface area contributed by atoms with E-state index in [2.05, 4.69) is 15.8 Å². The van der Waals surface area contributed by atoms with E-state index in [1.165, 1.54) is 12.5 Å². The van der Waals surface area contributed by atoms with Gasteiger partial charge in [0.25, 0.3) is 0 Å². The summed E-state index contributed by atoms with van der Waals surface area (Å²) in [5, 5.41) is 6.21. The fourth-order valence-electron chi connectivity index (χ4n) is 2.27. The third-order valence-corrected chi connectivity index (χ3v) is 3.72. The van der Waals surface area contributed by atoms with Gasteiger partial charge in [0.2, 0.25) is 0 Å². The molecule has 0 fully saturated rings. The van der Waals surface area contributed by atoms with Crippen molar-refractivity contribution in [3.63, 3.8) is 0 Å². The van der Waals surface area contributed by atoms with Crippen molar-refractivity contribution < 1.29 is 18.7 Å². The van der Waals surface area contributed by atoms with E-state index in [0.717, 1.165) is 16.9 Å². The molecule has 0 bridgehead atoms. The second-order valence-corrected chi connectivity index (χ2v) is 5.80. The number of furan rings is 1. The van der Waals surface area contributed by atoms with Crippen molar-refractivity contribution in [2.45, 2.75) is 13.2 Å². The highest BCUT2D eigenvalue weighted by atomic mass is 16.5. The summed E-state index contributed by atoms with van der Waals surface area (Å²) in [6.45, 7) is 0.616. The summed E-state index contributed by atoms with van der Waals surface area (Å²) in [7, 11) is 0. The summed E-state index contributed by atoms with van der Waals surface area (Å²) >= 11 is 0. The first-order chi connectivity index (χ1) is 13.7. The van der Waals surface area contributed by atoms with E-state index >= 15 is 0 Å². The number of benzene rings is 2. The predicted molar refractivity (Wildman–Crippen MR) is 104 cm³/mol. The number of nitrogens with one attached hydrogen (secondary N) is 2. The Hall–Kier alpha value is -3.87. The van der Waals surface area contributed by atoms with Gasteiger partial charge in [-0.1, -0.05) is 30.3 Å².